The molecule has 1 rings (SSSR count). The molecule has 1 aliphatic heterocycles. The van der Waals surface area contributed by atoms with E-state index in [1.54, 1.807) is 7.05 Å². The number of halogens is 1. The molecule has 1 aliphatic rings. The van der Waals surface area contributed by atoms with Crippen LogP contribution in [0.25, 0.3) is 0 Å². The third-order valence-electron chi connectivity index (χ3n) is 2.96. The van der Waals surface area contributed by atoms with E-state index in [0.29, 0.717) is 5.92 Å². The lowest BCUT2D eigenvalue weighted by molar-refractivity contribution is 0.0888. The zero-order valence-electron chi connectivity index (χ0n) is 12.5. The predicted molar refractivity (Wildman–Crippen MR) is 97.5 cm³/mol. The average Bonchev–Trinajstić information content (AvgIpc) is 2.94. The number of guanidine groups is 1. The van der Waals surface area contributed by atoms with Gasteiger partial charge in [-0.1, -0.05) is 0 Å². The lowest BCUT2D eigenvalue weighted by atomic mass is 10.1. The summed E-state index contributed by atoms with van der Waals surface area (Å²) in [6.07, 6.45) is 4.24. The van der Waals surface area contributed by atoms with Gasteiger partial charge in [-0.3, -0.25) is 4.99 Å². The van der Waals surface area contributed by atoms with Gasteiger partial charge in [0.15, 0.2) is 5.96 Å². The van der Waals surface area contributed by atoms with Crippen molar-refractivity contribution in [2.75, 3.05) is 58.6 Å². The van der Waals surface area contributed by atoms with Crippen LogP contribution in [0.3, 0.4) is 0 Å². The first-order chi connectivity index (χ1) is 9.36. The van der Waals surface area contributed by atoms with Gasteiger partial charge in [-0.25, -0.2) is 0 Å². The molecule has 20 heavy (non-hydrogen) atoms. The average molecular weight is 417 g/mol. The zero-order chi connectivity index (χ0) is 13.8. The van der Waals surface area contributed by atoms with E-state index in [0.717, 1.165) is 64.1 Å². The molecule has 0 aliphatic carbocycles. The second kappa shape index (κ2) is 14.2. The summed E-state index contributed by atoms with van der Waals surface area (Å²) in [4.78, 5) is 4.17. The first kappa shape index (κ1) is 20.3. The van der Waals surface area contributed by atoms with Crippen LogP contribution >= 0.6 is 35.7 Å². The van der Waals surface area contributed by atoms with Crippen LogP contribution in [0, 0.1) is 5.92 Å². The standard InChI is InChI=1S/C13H27N3O2S.HI/c1-14-13(16-6-9-19-2)15-5-3-7-17-10-12-4-8-18-11-12;/h12H,3-11H2,1-2H3,(H2,14,15,16);1H. The van der Waals surface area contributed by atoms with Gasteiger partial charge in [0.25, 0.3) is 0 Å². The second-order valence-corrected chi connectivity index (χ2v) is 5.56. The molecule has 1 saturated heterocycles. The van der Waals surface area contributed by atoms with Gasteiger partial charge in [0, 0.05) is 45.0 Å². The molecule has 0 amide bonds. The van der Waals surface area contributed by atoms with Crippen LogP contribution in [0.4, 0.5) is 0 Å². The van der Waals surface area contributed by atoms with E-state index in [2.05, 4.69) is 21.9 Å². The molecule has 0 aromatic carbocycles. The van der Waals surface area contributed by atoms with E-state index in [-0.39, 0.29) is 24.0 Å². The van der Waals surface area contributed by atoms with Gasteiger partial charge in [0.2, 0.25) is 0 Å². The fourth-order valence-corrected chi connectivity index (χ4v) is 2.14. The first-order valence-electron chi connectivity index (χ1n) is 6.95. The number of aliphatic imine (C=N–C) groups is 1. The maximum atomic E-state index is 5.65. The van der Waals surface area contributed by atoms with Crippen LogP contribution in [0.5, 0.6) is 0 Å². The van der Waals surface area contributed by atoms with Crippen LogP contribution in [0.2, 0.25) is 0 Å². The largest absolute Gasteiger partial charge is 0.381 e. The maximum Gasteiger partial charge on any atom is 0.191 e. The first-order valence-corrected chi connectivity index (χ1v) is 8.35. The van der Waals surface area contributed by atoms with Crippen LogP contribution < -0.4 is 10.6 Å². The Labute approximate surface area is 144 Å². The summed E-state index contributed by atoms with van der Waals surface area (Å²) in [7, 11) is 1.80. The van der Waals surface area contributed by atoms with Crippen molar-refractivity contribution in [3.05, 3.63) is 0 Å². The fourth-order valence-electron chi connectivity index (χ4n) is 1.84. The van der Waals surface area contributed by atoms with Crippen molar-refractivity contribution in [2.24, 2.45) is 10.9 Å². The molecule has 1 heterocycles. The Morgan fingerprint density at radius 3 is 2.85 bits per heavy atom. The number of ether oxygens (including phenoxy) is 2. The molecular formula is C13H28IN3O2S. The number of rotatable bonds is 9. The number of hydrogen-bond donors (Lipinski definition) is 2. The molecule has 0 radical (unpaired) electrons. The van der Waals surface area contributed by atoms with Gasteiger partial charge < -0.3 is 20.1 Å². The summed E-state index contributed by atoms with van der Waals surface area (Å²) < 4.78 is 11.0. The highest BCUT2D eigenvalue weighted by Gasteiger charge is 2.15. The van der Waals surface area contributed by atoms with E-state index in [9.17, 15) is 0 Å². The van der Waals surface area contributed by atoms with E-state index in [1.165, 1.54) is 0 Å². The highest BCUT2D eigenvalue weighted by Crippen LogP contribution is 2.12. The quantitative estimate of drug-likeness (QED) is 0.258. The van der Waals surface area contributed by atoms with Crippen molar-refractivity contribution >= 4 is 41.7 Å². The molecular weight excluding hydrogens is 389 g/mol. The van der Waals surface area contributed by atoms with Crippen molar-refractivity contribution in [3.63, 3.8) is 0 Å². The summed E-state index contributed by atoms with van der Waals surface area (Å²) in [5.41, 5.74) is 0. The molecule has 7 heteroatoms. The van der Waals surface area contributed by atoms with Crippen molar-refractivity contribution in [2.45, 2.75) is 12.8 Å². The summed E-state index contributed by atoms with van der Waals surface area (Å²) >= 11 is 1.83. The number of nitrogens with one attached hydrogen (secondary N) is 2. The summed E-state index contributed by atoms with van der Waals surface area (Å²) in [6.45, 7) is 5.23. The molecule has 1 atom stereocenters. The van der Waals surface area contributed by atoms with Crippen molar-refractivity contribution in [1.82, 2.24) is 10.6 Å². The molecule has 0 aromatic rings. The fraction of sp³-hybridized carbons (Fsp3) is 0.923. The predicted octanol–water partition coefficient (Wildman–Crippen LogP) is 1.58. The minimum Gasteiger partial charge on any atom is -0.381 e. The van der Waals surface area contributed by atoms with E-state index in [4.69, 9.17) is 9.47 Å². The van der Waals surface area contributed by atoms with Crippen LogP contribution in [-0.4, -0.2) is 64.5 Å². The topological polar surface area (TPSA) is 54.9 Å². The lowest BCUT2D eigenvalue weighted by Crippen LogP contribution is -2.39. The molecule has 5 nitrogen and oxygen atoms in total. The Hall–Kier alpha value is 0.270. The summed E-state index contributed by atoms with van der Waals surface area (Å²) in [5, 5.41) is 6.55. The third kappa shape index (κ3) is 10.1. The van der Waals surface area contributed by atoms with Crippen molar-refractivity contribution in [3.8, 4) is 0 Å². The molecule has 120 valence electrons. The van der Waals surface area contributed by atoms with Gasteiger partial charge in [0.1, 0.15) is 0 Å². The Balaban J connectivity index is 0.00000361. The third-order valence-corrected chi connectivity index (χ3v) is 3.57. The Morgan fingerprint density at radius 1 is 1.40 bits per heavy atom. The van der Waals surface area contributed by atoms with E-state index in [1.807, 2.05) is 11.8 Å². The molecule has 1 fully saturated rings. The van der Waals surface area contributed by atoms with E-state index < -0.39 is 0 Å². The number of thioether (sulfide) groups is 1. The highest BCUT2D eigenvalue weighted by molar-refractivity contribution is 14.0. The SMILES string of the molecule is CN=C(NCCCOCC1CCOC1)NCCSC.I. The summed E-state index contributed by atoms with van der Waals surface area (Å²) in [6, 6.07) is 0. The molecule has 2 N–H and O–H groups in total. The van der Waals surface area contributed by atoms with Gasteiger partial charge in [0.05, 0.1) is 13.2 Å². The number of hydrogen-bond acceptors (Lipinski definition) is 4. The Bertz CT molecular complexity index is 252. The minimum atomic E-state index is 0. The second-order valence-electron chi connectivity index (χ2n) is 4.58. The number of nitrogens with zero attached hydrogens (tertiary/aromatic N) is 1. The van der Waals surface area contributed by atoms with Gasteiger partial charge in [-0.05, 0) is 19.1 Å². The van der Waals surface area contributed by atoms with Gasteiger partial charge >= 0.3 is 0 Å². The molecule has 0 bridgehead atoms. The highest BCUT2D eigenvalue weighted by atomic mass is 127. The molecule has 0 aromatic heterocycles. The zero-order valence-corrected chi connectivity index (χ0v) is 15.7. The normalized spacial score (nSPS) is 18.7. The molecule has 1 unspecified atom stereocenters. The summed E-state index contributed by atoms with van der Waals surface area (Å²) in [5.74, 6) is 2.57. The monoisotopic (exact) mass is 417 g/mol. The maximum absolute atomic E-state index is 5.65. The van der Waals surface area contributed by atoms with Crippen LogP contribution in [0.15, 0.2) is 4.99 Å². The molecule has 0 saturated carbocycles. The molecule has 0 spiro atoms. The minimum absolute atomic E-state index is 0. The van der Waals surface area contributed by atoms with Crippen LogP contribution in [-0.2, 0) is 9.47 Å². The van der Waals surface area contributed by atoms with Gasteiger partial charge in [-0.15, -0.1) is 24.0 Å². The van der Waals surface area contributed by atoms with Crippen LogP contribution in [0.1, 0.15) is 12.8 Å². The Morgan fingerprint density at radius 2 is 2.20 bits per heavy atom. The lowest BCUT2D eigenvalue weighted by Gasteiger charge is -2.12. The smallest absolute Gasteiger partial charge is 0.191 e. The van der Waals surface area contributed by atoms with Gasteiger partial charge in [-0.2, -0.15) is 11.8 Å². The Kier molecular flexibility index (Phi) is 14.4. The van der Waals surface area contributed by atoms with Crippen molar-refractivity contribution < 1.29 is 9.47 Å². The van der Waals surface area contributed by atoms with Crippen molar-refractivity contribution in [1.29, 1.82) is 0 Å². The van der Waals surface area contributed by atoms with E-state index >= 15 is 0 Å².